The summed E-state index contributed by atoms with van der Waals surface area (Å²) < 4.78 is 29.6. The van der Waals surface area contributed by atoms with Crippen molar-refractivity contribution >= 4 is 10.0 Å². The fourth-order valence-electron chi connectivity index (χ4n) is 1.37. The fraction of sp³-hybridized carbons (Fsp3) is 0.875. The fourth-order valence-corrected chi connectivity index (χ4v) is 2.07. The Morgan fingerprint density at radius 1 is 1.57 bits per heavy atom. The second-order valence-electron chi connectivity index (χ2n) is 3.33. The molecule has 0 aromatic carbocycles. The number of hydrogen-bond donors (Lipinski definition) is 1. The zero-order valence-corrected chi connectivity index (χ0v) is 8.72. The maximum atomic E-state index is 11.0. The molecule has 0 aliphatic carbocycles. The normalized spacial score (nSPS) is 22.1. The van der Waals surface area contributed by atoms with Crippen LogP contribution in [0.5, 0.6) is 0 Å². The molecular weight excluding hydrogens is 204 g/mol. The smallest absolute Gasteiger partial charge is 0.225 e. The quantitative estimate of drug-likeness (QED) is 0.696. The number of nitriles is 1. The standard InChI is InChI=1S/C8H14N2O3S/c9-3-6-14(11,12)10-4-1-8-2-5-13-7-8/h8,10H,1-2,4-7H2. The molecule has 1 N–H and O–H groups in total. The van der Waals surface area contributed by atoms with Crippen molar-refractivity contribution < 1.29 is 13.2 Å². The van der Waals surface area contributed by atoms with Crippen molar-refractivity contribution in [3.63, 3.8) is 0 Å². The van der Waals surface area contributed by atoms with E-state index in [9.17, 15) is 8.42 Å². The number of nitrogens with one attached hydrogen (secondary N) is 1. The molecule has 5 nitrogen and oxygen atoms in total. The molecule has 14 heavy (non-hydrogen) atoms. The van der Waals surface area contributed by atoms with Crippen LogP contribution in [0, 0.1) is 17.2 Å². The third-order valence-corrected chi connectivity index (χ3v) is 3.31. The zero-order chi connectivity index (χ0) is 10.4. The summed E-state index contributed by atoms with van der Waals surface area (Å²) in [5.74, 6) is -0.00599. The first kappa shape index (κ1) is 11.4. The lowest BCUT2D eigenvalue weighted by molar-refractivity contribution is 0.184. The highest BCUT2D eigenvalue weighted by atomic mass is 32.2. The minimum Gasteiger partial charge on any atom is -0.381 e. The van der Waals surface area contributed by atoms with E-state index in [1.165, 1.54) is 0 Å². The van der Waals surface area contributed by atoms with Gasteiger partial charge in [0.1, 0.15) is 0 Å². The Balaban J connectivity index is 2.17. The summed E-state index contributed by atoms with van der Waals surface area (Å²) in [6, 6.07) is 1.61. The van der Waals surface area contributed by atoms with Crippen LogP contribution >= 0.6 is 0 Å². The summed E-state index contributed by atoms with van der Waals surface area (Å²) in [5.41, 5.74) is 0. The second kappa shape index (κ2) is 5.29. The van der Waals surface area contributed by atoms with Gasteiger partial charge in [0, 0.05) is 19.8 Å². The predicted molar refractivity (Wildman–Crippen MR) is 50.9 cm³/mol. The van der Waals surface area contributed by atoms with Gasteiger partial charge in [-0.1, -0.05) is 0 Å². The Hall–Kier alpha value is -0.640. The Morgan fingerprint density at radius 3 is 2.93 bits per heavy atom. The van der Waals surface area contributed by atoms with E-state index in [1.807, 2.05) is 0 Å². The van der Waals surface area contributed by atoms with Gasteiger partial charge in [0.05, 0.1) is 6.07 Å². The van der Waals surface area contributed by atoms with Crippen molar-refractivity contribution in [2.75, 3.05) is 25.5 Å². The van der Waals surface area contributed by atoms with Crippen LogP contribution in [0.3, 0.4) is 0 Å². The molecule has 0 bridgehead atoms. The molecule has 0 amide bonds. The lowest BCUT2D eigenvalue weighted by Gasteiger charge is -2.07. The molecule has 6 heteroatoms. The van der Waals surface area contributed by atoms with Crippen LogP contribution in [0.4, 0.5) is 0 Å². The maximum absolute atomic E-state index is 11.0. The summed E-state index contributed by atoms with van der Waals surface area (Å²) in [4.78, 5) is 0. The van der Waals surface area contributed by atoms with Crippen molar-refractivity contribution in [3.05, 3.63) is 0 Å². The van der Waals surface area contributed by atoms with E-state index >= 15 is 0 Å². The Kier molecular flexibility index (Phi) is 4.32. The van der Waals surface area contributed by atoms with Crippen molar-refractivity contribution in [2.45, 2.75) is 12.8 Å². The van der Waals surface area contributed by atoms with E-state index in [4.69, 9.17) is 10.00 Å². The SMILES string of the molecule is N#CCS(=O)(=O)NCCC1CCOC1. The molecule has 1 heterocycles. The van der Waals surface area contributed by atoms with Crippen molar-refractivity contribution in [3.8, 4) is 6.07 Å². The van der Waals surface area contributed by atoms with E-state index in [-0.39, 0.29) is 0 Å². The molecule has 0 aromatic rings. The Labute approximate surface area is 84.1 Å². The van der Waals surface area contributed by atoms with Gasteiger partial charge in [0.15, 0.2) is 5.75 Å². The van der Waals surface area contributed by atoms with E-state index in [0.29, 0.717) is 12.5 Å². The third kappa shape index (κ3) is 4.05. The van der Waals surface area contributed by atoms with Crippen molar-refractivity contribution in [1.82, 2.24) is 4.72 Å². The molecule has 1 rings (SSSR count). The molecule has 1 saturated heterocycles. The second-order valence-corrected chi connectivity index (χ2v) is 5.14. The van der Waals surface area contributed by atoms with Gasteiger partial charge in [-0.25, -0.2) is 13.1 Å². The molecular formula is C8H14N2O3S. The van der Waals surface area contributed by atoms with Crippen LogP contribution in [0.25, 0.3) is 0 Å². The minimum absolute atomic E-state index is 0.401. The molecule has 1 aliphatic heterocycles. The first-order valence-corrected chi connectivity index (χ1v) is 6.21. The molecule has 1 atom stereocenters. The average Bonchev–Trinajstić information content (AvgIpc) is 2.56. The molecule has 0 saturated carbocycles. The molecule has 0 aromatic heterocycles. The molecule has 1 aliphatic rings. The van der Waals surface area contributed by atoms with E-state index in [1.54, 1.807) is 6.07 Å². The highest BCUT2D eigenvalue weighted by Gasteiger charge is 2.16. The third-order valence-electron chi connectivity index (χ3n) is 2.15. The maximum Gasteiger partial charge on any atom is 0.225 e. The predicted octanol–water partition coefficient (Wildman–Crippen LogP) is -0.144. The summed E-state index contributed by atoms with van der Waals surface area (Å²) in [6.07, 6.45) is 1.78. The van der Waals surface area contributed by atoms with Gasteiger partial charge in [-0.3, -0.25) is 0 Å². The van der Waals surface area contributed by atoms with Crippen molar-refractivity contribution in [2.24, 2.45) is 5.92 Å². The summed E-state index contributed by atoms with van der Waals surface area (Å²) in [6.45, 7) is 1.90. The van der Waals surface area contributed by atoms with Crippen LogP contribution in [0.15, 0.2) is 0 Å². The highest BCUT2D eigenvalue weighted by Crippen LogP contribution is 2.15. The topological polar surface area (TPSA) is 79.2 Å². The van der Waals surface area contributed by atoms with Gasteiger partial charge in [-0.15, -0.1) is 0 Å². The molecule has 0 radical (unpaired) electrons. The van der Waals surface area contributed by atoms with Gasteiger partial charge < -0.3 is 4.74 Å². The average molecular weight is 218 g/mol. The largest absolute Gasteiger partial charge is 0.381 e. The molecule has 1 fully saturated rings. The van der Waals surface area contributed by atoms with Crippen LogP contribution in [-0.2, 0) is 14.8 Å². The minimum atomic E-state index is -3.38. The van der Waals surface area contributed by atoms with Crippen LogP contribution in [0.1, 0.15) is 12.8 Å². The summed E-state index contributed by atoms with van der Waals surface area (Å²) in [7, 11) is -3.38. The number of hydrogen-bond acceptors (Lipinski definition) is 4. The lowest BCUT2D eigenvalue weighted by atomic mass is 10.1. The van der Waals surface area contributed by atoms with Gasteiger partial charge in [0.2, 0.25) is 10.0 Å². The van der Waals surface area contributed by atoms with Crippen LogP contribution < -0.4 is 4.72 Å². The van der Waals surface area contributed by atoms with Gasteiger partial charge >= 0.3 is 0 Å². The first-order chi connectivity index (χ1) is 6.64. The van der Waals surface area contributed by atoms with Crippen LogP contribution in [0.2, 0.25) is 0 Å². The van der Waals surface area contributed by atoms with E-state index in [2.05, 4.69) is 4.72 Å². The number of ether oxygens (including phenoxy) is 1. The zero-order valence-electron chi connectivity index (χ0n) is 7.90. The number of nitrogens with zero attached hydrogens (tertiary/aromatic N) is 1. The molecule has 0 spiro atoms. The Morgan fingerprint density at radius 2 is 2.36 bits per heavy atom. The summed E-state index contributed by atoms with van der Waals surface area (Å²) >= 11 is 0. The first-order valence-electron chi connectivity index (χ1n) is 4.56. The van der Waals surface area contributed by atoms with E-state index < -0.39 is 15.8 Å². The number of sulfonamides is 1. The van der Waals surface area contributed by atoms with Gasteiger partial charge in [-0.2, -0.15) is 5.26 Å². The van der Waals surface area contributed by atoms with Crippen molar-refractivity contribution in [1.29, 1.82) is 5.26 Å². The molecule has 1 unspecified atom stereocenters. The van der Waals surface area contributed by atoms with Gasteiger partial charge in [-0.05, 0) is 18.8 Å². The highest BCUT2D eigenvalue weighted by molar-refractivity contribution is 7.89. The Bertz CT molecular complexity index is 301. The molecule has 80 valence electrons. The monoisotopic (exact) mass is 218 g/mol. The summed E-state index contributed by atoms with van der Waals surface area (Å²) in [5, 5.41) is 8.22. The van der Waals surface area contributed by atoms with Crippen LogP contribution in [-0.4, -0.2) is 33.9 Å². The van der Waals surface area contributed by atoms with Gasteiger partial charge in [0.25, 0.3) is 0 Å². The van der Waals surface area contributed by atoms with E-state index in [0.717, 1.165) is 26.1 Å². The lowest BCUT2D eigenvalue weighted by Crippen LogP contribution is -2.28. The number of rotatable bonds is 5.